The van der Waals surface area contributed by atoms with E-state index in [2.05, 4.69) is 15.7 Å². The molecule has 1 aromatic heterocycles. The largest absolute Gasteiger partial charge is 0.363 e. The zero-order valence-electron chi connectivity index (χ0n) is 3.38. The first-order valence-corrected chi connectivity index (χ1v) is 1.65. The first-order valence-electron chi connectivity index (χ1n) is 1.65. The van der Waals surface area contributed by atoms with E-state index in [1.807, 2.05) is 0 Å². The molecule has 0 amide bonds. The molecule has 0 N–H and O–H groups in total. The zero-order chi connectivity index (χ0) is 5.11. The van der Waals surface area contributed by atoms with Crippen molar-refractivity contribution in [1.29, 1.82) is 5.26 Å². The molecule has 0 unspecified atom stereocenters. The summed E-state index contributed by atoms with van der Waals surface area (Å²) in [6.45, 7) is 0. The van der Waals surface area contributed by atoms with Crippen LogP contribution in [0.4, 0.5) is 0 Å². The first kappa shape index (κ1) is 3.88. The van der Waals surface area contributed by atoms with Crippen LogP contribution in [0.3, 0.4) is 0 Å². The van der Waals surface area contributed by atoms with Crippen LogP contribution in [0.1, 0.15) is 5.69 Å². The van der Waals surface area contributed by atoms with Crippen LogP contribution in [-0.2, 0) is 0 Å². The van der Waals surface area contributed by atoms with E-state index in [0.717, 1.165) is 0 Å². The van der Waals surface area contributed by atoms with Gasteiger partial charge in [0, 0.05) is 0 Å². The van der Waals surface area contributed by atoms with Crippen molar-refractivity contribution < 1.29 is 4.52 Å². The highest BCUT2D eigenvalue weighted by Crippen LogP contribution is 1.86. The van der Waals surface area contributed by atoms with Crippen LogP contribution in [0.25, 0.3) is 0 Å². The Morgan fingerprint density at radius 3 is 3.14 bits per heavy atom. The van der Waals surface area contributed by atoms with Crippen molar-refractivity contribution in [2.24, 2.45) is 0 Å². The quantitative estimate of drug-likeness (QED) is 0.465. The molecule has 3 heteroatoms. The minimum absolute atomic E-state index is 0.194. The van der Waals surface area contributed by atoms with Gasteiger partial charge in [0.25, 0.3) is 0 Å². The van der Waals surface area contributed by atoms with Crippen molar-refractivity contribution in [3.8, 4) is 6.07 Å². The van der Waals surface area contributed by atoms with Crippen LogP contribution >= 0.6 is 0 Å². The molecule has 0 atom stereocenters. The average Bonchev–Trinajstić information content (AvgIpc) is 2.14. The Kier molecular flexibility index (Phi) is 0.794. The molecular formula is C4HN2O. The van der Waals surface area contributed by atoms with Gasteiger partial charge >= 0.3 is 0 Å². The van der Waals surface area contributed by atoms with Crippen molar-refractivity contribution >= 4 is 0 Å². The Bertz CT molecular complexity index is 172. The van der Waals surface area contributed by atoms with Gasteiger partial charge in [0.15, 0.2) is 5.69 Å². The molecule has 7 heavy (non-hydrogen) atoms. The Morgan fingerprint density at radius 2 is 2.86 bits per heavy atom. The number of rotatable bonds is 0. The maximum Gasteiger partial charge on any atom is 0.191 e. The fourth-order valence-corrected chi connectivity index (χ4v) is 0.240. The number of hydrogen-bond donors (Lipinski definition) is 0. The molecule has 1 rings (SSSR count). The Morgan fingerprint density at radius 1 is 2.00 bits per heavy atom. The van der Waals surface area contributed by atoms with Crippen molar-refractivity contribution in [2.75, 3.05) is 0 Å². The highest BCUT2D eigenvalue weighted by atomic mass is 16.5. The van der Waals surface area contributed by atoms with Gasteiger partial charge < -0.3 is 4.52 Å². The maximum atomic E-state index is 8.02. The molecule has 0 aliphatic heterocycles. The second kappa shape index (κ2) is 1.43. The molecule has 1 heterocycles. The predicted molar refractivity (Wildman–Crippen MR) is 20.1 cm³/mol. The van der Waals surface area contributed by atoms with E-state index >= 15 is 0 Å². The first-order chi connectivity index (χ1) is 3.43. The van der Waals surface area contributed by atoms with Crippen molar-refractivity contribution in [2.45, 2.75) is 0 Å². The van der Waals surface area contributed by atoms with Gasteiger partial charge in [-0.25, -0.2) is 0 Å². The van der Waals surface area contributed by atoms with Crippen molar-refractivity contribution in [1.82, 2.24) is 5.16 Å². The summed E-state index contributed by atoms with van der Waals surface area (Å²) in [5, 5.41) is 11.3. The summed E-state index contributed by atoms with van der Waals surface area (Å²) in [4.78, 5) is 0. The molecule has 0 bridgehead atoms. The van der Waals surface area contributed by atoms with Crippen LogP contribution in [0.2, 0.25) is 0 Å². The van der Waals surface area contributed by atoms with E-state index in [9.17, 15) is 0 Å². The normalized spacial score (nSPS) is 7.86. The fourth-order valence-electron chi connectivity index (χ4n) is 0.240. The highest BCUT2D eigenvalue weighted by molar-refractivity contribution is 5.12. The molecule has 0 spiro atoms. The molecule has 3 nitrogen and oxygen atoms in total. The second-order valence-corrected chi connectivity index (χ2v) is 0.919. The monoisotopic (exact) mass is 93.0 g/mol. The van der Waals surface area contributed by atoms with Gasteiger partial charge in [-0.3, -0.25) is 0 Å². The van der Waals surface area contributed by atoms with E-state index in [4.69, 9.17) is 5.26 Å². The Balaban J connectivity index is 3.04. The molecule has 0 fully saturated rings. The van der Waals surface area contributed by atoms with E-state index < -0.39 is 0 Å². The lowest BCUT2D eigenvalue weighted by Gasteiger charge is -1.58. The summed E-state index contributed by atoms with van der Waals surface area (Å²) in [7, 11) is 0. The summed E-state index contributed by atoms with van der Waals surface area (Å²) < 4.78 is 4.28. The van der Waals surface area contributed by atoms with Gasteiger partial charge in [0.05, 0.1) is 6.07 Å². The van der Waals surface area contributed by atoms with E-state index in [1.54, 1.807) is 6.07 Å². The van der Waals surface area contributed by atoms with E-state index in [0.29, 0.717) is 0 Å². The molecule has 33 valence electrons. The summed E-state index contributed by atoms with van der Waals surface area (Å²) in [6.07, 6.45) is 1.23. The van der Waals surface area contributed by atoms with Gasteiger partial charge in [-0.15, -0.1) is 0 Å². The molecular weight excluding hydrogens is 92.1 g/mol. The standard InChI is InChI=1S/C4HN2O/c5-3-4-1-2-7-6-4/h2H. The predicted octanol–water partition coefficient (Wildman–Crippen LogP) is 0.346. The van der Waals surface area contributed by atoms with Crippen LogP contribution in [0.5, 0.6) is 0 Å². The third kappa shape index (κ3) is 0.578. The molecule has 0 saturated carbocycles. The van der Waals surface area contributed by atoms with Gasteiger partial charge in [-0.2, -0.15) is 5.26 Å². The molecule has 1 radical (unpaired) electrons. The van der Waals surface area contributed by atoms with Crippen LogP contribution in [-0.4, -0.2) is 5.16 Å². The molecule has 0 saturated heterocycles. The lowest BCUT2D eigenvalue weighted by molar-refractivity contribution is 0.417. The van der Waals surface area contributed by atoms with E-state index in [-0.39, 0.29) is 5.69 Å². The fraction of sp³-hybridized carbons (Fsp3) is 0. The molecule has 0 aliphatic carbocycles. The van der Waals surface area contributed by atoms with Crippen LogP contribution in [0, 0.1) is 17.4 Å². The third-order valence-corrected chi connectivity index (χ3v) is 0.498. The Labute approximate surface area is 40.2 Å². The minimum Gasteiger partial charge on any atom is -0.363 e. The molecule has 1 aromatic rings. The lowest BCUT2D eigenvalue weighted by Crippen LogP contribution is -1.65. The van der Waals surface area contributed by atoms with Crippen LogP contribution < -0.4 is 0 Å². The van der Waals surface area contributed by atoms with Crippen molar-refractivity contribution in [3.63, 3.8) is 0 Å². The smallest absolute Gasteiger partial charge is 0.191 e. The second-order valence-electron chi connectivity index (χ2n) is 0.919. The number of hydrogen-bond acceptors (Lipinski definition) is 3. The van der Waals surface area contributed by atoms with Gasteiger partial charge in [0.1, 0.15) is 12.3 Å². The Hall–Kier alpha value is -1.30. The topological polar surface area (TPSA) is 49.8 Å². The zero-order valence-corrected chi connectivity index (χ0v) is 3.38. The third-order valence-electron chi connectivity index (χ3n) is 0.498. The molecule has 0 aliphatic rings. The van der Waals surface area contributed by atoms with Crippen LogP contribution in [0.15, 0.2) is 10.8 Å². The SMILES string of the molecule is N#Cc1[c]con1. The number of nitriles is 1. The summed E-state index contributed by atoms with van der Waals surface area (Å²) in [5.41, 5.74) is 0.194. The van der Waals surface area contributed by atoms with Gasteiger partial charge in [0.2, 0.25) is 0 Å². The van der Waals surface area contributed by atoms with Gasteiger partial charge in [-0.05, 0) is 0 Å². The van der Waals surface area contributed by atoms with Gasteiger partial charge in [-0.1, -0.05) is 5.16 Å². The summed E-state index contributed by atoms with van der Waals surface area (Å²) in [5.74, 6) is 0. The molecule has 0 aromatic carbocycles. The maximum absolute atomic E-state index is 8.02. The lowest BCUT2D eigenvalue weighted by atomic mass is 10.5. The van der Waals surface area contributed by atoms with Crippen molar-refractivity contribution in [3.05, 3.63) is 18.0 Å². The number of nitrogens with zero attached hydrogens (tertiary/aromatic N) is 2. The highest BCUT2D eigenvalue weighted by Gasteiger charge is 1.87. The van der Waals surface area contributed by atoms with E-state index in [1.165, 1.54) is 6.26 Å². The average molecular weight is 93.1 g/mol. The minimum atomic E-state index is 0.194. The summed E-state index contributed by atoms with van der Waals surface area (Å²) >= 11 is 0. The number of aromatic nitrogens is 1. The summed E-state index contributed by atoms with van der Waals surface area (Å²) in [6, 6.07) is 4.19.